The molecule has 2 N–H and O–H groups in total. The van der Waals surface area contributed by atoms with E-state index in [0.29, 0.717) is 6.54 Å². The molecule has 108 valence electrons. The third-order valence-corrected chi connectivity index (χ3v) is 4.04. The Morgan fingerprint density at radius 1 is 1.21 bits per heavy atom. The Morgan fingerprint density at radius 2 is 1.95 bits per heavy atom. The van der Waals surface area contributed by atoms with Gasteiger partial charge in [-0.2, -0.15) is 0 Å². The minimum absolute atomic E-state index is 0.0578. The van der Waals surface area contributed by atoms with Crippen molar-refractivity contribution < 1.29 is 14.3 Å². The van der Waals surface area contributed by atoms with Crippen molar-refractivity contribution in [3.63, 3.8) is 0 Å². The molecule has 2 atom stereocenters. The molecule has 19 heavy (non-hydrogen) atoms. The van der Waals surface area contributed by atoms with Crippen LogP contribution in [0.15, 0.2) is 0 Å². The normalized spacial score (nSPS) is 25.2. The zero-order valence-corrected chi connectivity index (χ0v) is 11.6. The Labute approximate surface area is 114 Å². The van der Waals surface area contributed by atoms with E-state index in [9.17, 15) is 9.59 Å². The highest BCUT2D eigenvalue weighted by molar-refractivity contribution is 5.87. The molecule has 5 heteroatoms. The van der Waals surface area contributed by atoms with Crippen LogP contribution >= 0.6 is 0 Å². The van der Waals surface area contributed by atoms with E-state index in [-0.39, 0.29) is 29.9 Å². The lowest BCUT2D eigenvalue weighted by Crippen LogP contribution is -2.51. The Balaban J connectivity index is 1.84. The first-order chi connectivity index (χ1) is 9.16. The molecule has 0 aromatic heterocycles. The molecule has 0 radical (unpaired) electrons. The Hall–Kier alpha value is -1.10. The van der Waals surface area contributed by atoms with E-state index in [1.807, 2.05) is 0 Å². The van der Waals surface area contributed by atoms with Crippen LogP contribution in [0.1, 0.15) is 45.4 Å². The standard InChI is InChI=1S/C14H24N2O3/c1-10(17)16-13(11-5-2-3-6-11)14(18)15-9-12-7-4-8-19-12/h11-13H,2-9H2,1H3,(H,15,18)(H,16,17). The van der Waals surface area contributed by atoms with Gasteiger partial charge in [-0.25, -0.2) is 0 Å². The van der Waals surface area contributed by atoms with Crippen LogP contribution in [0.3, 0.4) is 0 Å². The highest BCUT2D eigenvalue weighted by Gasteiger charge is 2.31. The summed E-state index contributed by atoms with van der Waals surface area (Å²) in [6, 6.07) is -0.374. The van der Waals surface area contributed by atoms with Gasteiger partial charge in [-0.05, 0) is 31.6 Å². The average Bonchev–Trinajstić information content (AvgIpc) is 3.05. The quantitative estimate of drug-likeness (QED) is 0.781. The van der Waals surface area contributed by atoms with Crippen LogP contribution in [-0.2, 0) is 14.3 Å². The monoisotopic (exact) mass is 268 g/mol. The lowest BCUT2D eigenvalue weighted by molar-refractivity contribution is -0.129. The number of rotatable bonds is 5. The Kier molecular flexibility index (Phi) is 5.19. The van der Waals surface area contributed by atoms with Crippen molar-refractivity contribution >= 4 is 11.8 Å². The molecule has 1 aliphatic heterocycles. The molecule has 2 amide bonds. The molecule has 0 bridgehead atoms. The molecule has 0 spiro atoms. The fraction of sp³-hybridized carbons (Fsp3) is 0.857. The molecular weight excluding hydrogens is 244 g/mol. The SMILES string of the molecule is CC(=O)NC(C(=O)NCC1CCCO1)C1CCCC1. The maximum absolute atomic E-state index is 12.2. The van der Waals surface area contributed by atoms with E-state index in [2.05, 4.69) is 10.6 Å². The average molecular weight is 268 g/mol. The minimum Gasteiger partial charge on any atom is -0.376 e. The summed E-state index contributed by atoms with van der Waals surface area (Å²) >= 11 is 0. The number of nitrogens with one attached hydrogen (secondary N) is 2. The summed E-state index contributed by atoms with van der Waals surface area (Å²) in [7, 11) is 0. The number of amides is 2. The van der Waals surface area contributed by atoms with E-state index in [1.54, 1.807) is 0 Å². The van der Waals surface area contributed by atoms with Gasteiger partial charge in [0, 0.05) is 20.1 Å². The van der Waals surface area contributed by atoms with Crippen molar-refractivity contribution in [1.29, 1.82) is 0 Å². The van der Waals surface area contributed by atoms with Crippen molar-refractivity contribution in [1.82, 2.24) is 10.6 Å². The lowest BCUT2D eigenvalue weighted by atomic mass is 9.97. The summed E-state index contributed by atoms with van der Waals surface area (Å²) in [5, 5.41) is 5.73. The van der Waals surface area contributed by atoms with Crippen LogP contribution in [-0.4, -0.2) is 37.1 Å². The van der Waals surface area contributed by atoms with Crippen molar-refractivity contribution in [2.24, 2.45) is 5.92 Å². The summed E-state index contributed by atoms with van der Waals surface area (Å²) < 4.78 is 5.49. The molecular formula is C14H24N2O3. The second-order valence-corrected chi connectivity index (χ2v) is 5.60. The highest BCUT2D eigenvalue weighted by Crippen LogP contribution is 2.28. The van der Waals surface area contributed by atoms with E-state index in [1.165, 1.54) is 6.92 Å². The maximum Gasteiger partial charge on any atom is 0.242 e. The summed E-state index contributed by atoms with van der Waals surface area (Å²) in [5.74, 6) is 0.0927. The molecule has 2 rings (SSSR count). The molecule has 2 fully saturated rings. The van der Waals surface area contributed by atoms with Gasteiger partial charge >= 0.3 is 0 Å². The Morgan fingerprint density at radius 3 is 2.53 bits per heavy atom. The van der Waals surface area contributed by atoms with Gasteiger partial charge in [-0.15, -0.1) is 0 Å². The van der Waals surface area contributed by atoms with Crippen LogP contribution in [0.25, 0.3) is 0 Å². The molecule has 1 saturated heterocycles. The summed E-state index contributed by atoms with van der Waals surface area (Å²) in [5.41, 5.74) is 0. The second kappa shape index (κ2) is 6.89. The van der Waals surface area contributed by atoms with Crippen molar-refractivity contribution in [3.8, 4) is 0 Å². The van der Waals surface area contributed by atoms with Crippen LogP contribution in [0, 0.1) is 5.92 Å². The summed E-state index contributed by atoms with van der Waals surface area (Å²) in [4.78, 5) is 23.5. The summed E-state index contributed by atoms with van der Waals surface area (Å²) in [6.45, 7) is 2.81. The van der Waals surface area contributed by atoms with Crippen molar-refractivity contribution in [2.45, 2.75) is 57.6 Å². The second-order valence-electron chi connectivity index (χ2n) is 5.60. The van der Waals surface area contributed by atoms with Gasteiger partial charge in [-0.1, -0.05) is 12.8 Å². The summed E-state index contributed by atoms with van der Waals surface area (Å²) in [6.07, 6.45) is 6.58. The first kappa shape index (κ1) is 14.3. The van der Waals surface area contributed by atoms with E-state index >= 15 is 0 Å². The van der Waals surface area contributed by atoms with Gasteiger partial charge in [0.1, 0.15) is 6.04 Å². The molecule has 0 aromatic rings. The van der Waals surface area contributed by atoms with Crippen LogP contribution < -0.4 is 10.6 Å². The predicted molar refractivity (Wildman–Crippen MR) is 71.5 cm³/mol. The van der Waals surface area contributed by atoms with E-state index in [4.69, 9.17) is 4.74 Å². The fourth-order valence-corrected chi connectivity index (χ4v) is 3.04. The number of hydrogen-bond donors (Lipinski definition) is 2. The molecule has 5 nitrogen and oxygen atoms in total. The minimum atomic E-state index is -0.374. The van der Waals surface area contributed by atoms with Gasteiger partial charge < -0.3 is 15.4 Å². The van der Waals surface area contributed by atoms with Crippen molar-refractivity contribution in [3.05, 3.63) is 0 Å². The predicted octanol–water partition coefficient (Wildman–Crippen LogP) is 0.976. The molecule has 1 aliphatic carbocycles. The first-order valence-corrected chi connectivity index (χ1v) is 7.33. The number of hydrogen-bond acceptors (Lipinski definition) is 3. The molecule has 2 aliphatic rings. The highest BCUT2D eigenvalue weighted by atomic mass is 16.5. The fourth-order valence-electron chi connectivity index (χ4n) is 3.04. The largest absolute Gasteiger partial charge is 0.376 e. The van der Waals surface area contributed by atoms with Gasteiger partial charge in [-0.3, -0.25) is 9.59 Å². The Bertz CT molecular complexity index is 321. The van der Waals surface area contributed by atoms with Gasteiger partial charge in [0.15, 0.2) is 0 Å². The topological polar surface area (TPSA) is 67.4 Å². The lowest BCUT2D eigenvalue weighted by Gasteiger charge is -2.24. The molecule has 1 saturated carbocycles. The van der Waals surface area contributed by atoms with E-state index in [0.717, 1.165) is 45.1 Å². The van der Waals surface area contributed by atoms with Gasteiger partial charge in [0.05, 0.1) is 6.10 Å². The third-order valence-electron chi connectivity index (χ3n) is 4.04. The zero-order chi connectivity index (χ0) is 13.7. The number of ether oxygens (including phenoxy) is 1. The smallest absolute Gasteiger partial charge is 0.242 e. The van der Waals surface area contributed by atoms with Crippen LogP contribution in [0.4, 0.5) is 0 Å². The van der Waals surface area contributed by atoms with Crippen molar-refractivity contribution in [2.75, 3.05) is 13.2 Å². The van der Waals surface area contributed by atoms with Gasteiger partial charge in [0.25, 0.3) is 0 Å². The number of carbonyl (C=O) groups excluding carboxylic acids is 2. The molecule has 2 unspecified atom stereocenters. The third kappa shape index (κ3) is 4.20. The maximum atomic E-state index is 12.2. The molecule has 0 aromatic carbocycles. The zero-order valence-electron chi connectivity index (χ0n) is 11.6. The first-order valence-electron chi connectivity index (χ1n) is 7.33. The van der Waals surface area contributed by atoms with Crippen LogP contribution in [0.2, 0.25) is 0 Å². The van der Waals surface area contributed by atoms with Gasteiger partial charge in [0.2, 0.25) is 11.8 Å². The molecule has 1 heterocycles. The van der Waals surface area contributed by atoms with E-state index < -0.39 is 0 Å². The number of carbonyl (C=O) groups is 2. The van der Waals surface area contributed by atoms with Crippen LogP contribution in [0.5, 0.6) is 0 Å².